The number of piperazine rings is 1. The van der Waals surface area contributed by atoms with E-state index in [1.807, 2.05) is 0 Å². The van der Waals surface area contributed by atoms with Gasteiger partial charge in [0.05, 0.1) is 4.47 Å². The molecule has 0 spiro atoms. The minimum Gasteiger partial charge on any atom is -0.314 e. The number of rotatable bonds is 2. The zero-order chi connectivity index (χ0) is 14.2. The van der Waals surface area contributed by atoms with Crippen LogP contribution in [0.3, 0.4) is 0 Å². The molecule has 0 amide bonds. The lowest BCUT2D eigenvalue weighted by atomic mass is 10.3. The largest absolute Gasteiger partial charge is 0.314 e. The normalized spacial score (nSPS) is 21.6. The topological polar surface area (TPSA) is 49.4 Å². The molecule has 4 nitrogen and oxygen atoms in total. The predicted octanol–water partition coefficient (Wildman–Crippen LogP) is 1.71. The molecule has 0 aliphatic carbocycles. The molecule has 1 aromatic carbocycles. The van der Waals surface area contributed by atoms with Crippen LogP contribution in [0.25, 0.3) is 0 Å². The van der Waals surface area contributed by atoms with Crippen LogP contribution in [0.4, 0.5) is 8.78 Å². The summed E-state index contributed by atoms with van der Waals surface area (Å²) >= 11 is 2.87. The van der Waals surface area contributed by atoms with Crippen LogP contribution < -0.4 is 5.32 Å². The van der Waals surface area contributed by atoms with E-state index in [1.165, 1.54) is 4.31 Å². The second-order valence-electron chi connectivity index (χ2n) is 4.37. The van der Waals surface area contributed by atoms with E-state index in [4.69, 9.17) is 0 Å². The summed E-state index contributed by atoms with van der Waals surface area (Å²) < 4.78 is 52.8. The van der Waals surface area contributed by atoms with Crippen molar-refractivity contribution in [3.8, 4) is 0 Å². The highest BCUT2D eigenvalue weighted by Gasteiger charge is 2.33. The van der Waals surface area contributed by atoms with Gasteiger partial charge in [0, 0.05) is 31.7 Å². The molecule has 0 unspecified atom stereocenters. The van der Waals surface area contributed by atoms with E-state index in [1.54, 1.807) is 6.92 Å². The summed E-state index contributed by atoms with van der Waals surface area (Å²) in [7, 11) is -3.96. The Morgan fingerprint density at radius 1 is 1.37 bits per heavy atom. The average molecular weight is 355 g/mol. The summed E-state index contributed by atoms with van der Waals surface area (Å²) in [6.07, 6.45) is 0. The molecule has 106 valence electrons. The quantitative estimate of drug-likeness (QED) is 0.822. The van der Waals surface area contributed by atoms with Crippen molar-refractivity contribution in [1.82, 2.24) is 9.62 Å². The molecule has 0 bridgehead atoms. The number of halogens is 3. The fourth-order valence-electron chi connectivity index (χ4n) is 2.01. The van der Waals surface area contributed by atoms with Gasteiger partial charge in [-0.15, -0.1) is 0 Å². The van der Waals surface area contributed by atoms with E-state index in [-0.39, 0.29) is 17.1 Å². The van der Waals surface area contributed by atoms with Crippen LogP contribution in [-0.2, 0) is 10.0 Å². The summed E-state index contributed by atoms with van der Waals surface area (Å²) in [5, 5.41) is 3.05. The Labute approximate surface area is 119 Å². The second-order valence-corrected chi connectivity index (χ2v) is 7.08. The van der Waals surface area contributed by atoms with Crippen molar-refractivity contribution in [2.75, 3.05) is 19.6 Å². The van der Waals surface area contributed by atoms with Crippen LogP contribution in [0.15, 0.2) is 21.5 Å². The molecule has 0 radical (unpaired) electrons. The van der Waals surface area contributed by atoms with Gasteiger partial charge < -0.3 is 5.32 Å². The van der Waals surface area contributed by atoms with Gasteiger partial charge in [-0.1, -0.05) is 0 Å². The van der Waals surface area contributed by atoms with Crippen molar-refractivity contribution in [2.45, 2.75) is 17.9 Å². The minimum absolute atomic E-state index is 0.0738. The summed E-state index contributed by atoms with van der Waals surface area (Å²) in [5.74, 6) is -1.91. The lowest BCUT2D eigenvalue weighted by Crippen LogP contribution is -2.52. The van der Waals surface area contributed by atoms with Crippen LogP contribution in [-0.4, -0.2) is 38.4 Å². The molecular formula is C11H13BrF2N2O2S. The first kappa shape index (κ1) is 14.8. The molecule has 1 aliphatic rings. The molecule has 1 atom stereocenters. The van der Waals surface area contributed by atoms with Crippen LogP contribution in [0.5, 0.6) is 0 Å². The Hall–Kier alpha value is -0.570. The SMILES string of the molecule is C[C@@H]1CNCCN1S(=O)(=O)c1cc(Br)c(F)cc1F. The predicted molar refractivity (Wildman–Crippen MR) is 70.3 cm³/mol. The van der Waals surface area contributed by atoms with E-state index in [0.29, 0.717) is 19.2 Å². The van der Waals surface area contributed by atoms with Crippen LogP contribution in [0, 0.1) is 11.6 Å². The van der Waals surface area contributed by atoms with Gasteiger partial charge in [0.25, 0.3) is 0 Å². The third-order valence-electron chi connectivity index (χ3n) is 3.00. The van der Waals surface area contributed by atoms with E-state index in [0.717, 1.165) is 6.07 Å². The lowest BCUT2D eigenvalue weighted by Gasteiger charge is -2.32. The number of sulfonamides is 1. The molecule has 1 aromatic rings. The van der Waals surface area contributed by atoms with E-state index in [9.17, 15) is 17.2 Å². The summed E-state index contributed by atoms with van der Waals surface area (Å²) in [4.78, 5) is -0.505. The van der Waals surface area contributed by atoms with Crippen molar-refractivity contribution in [1.29, 1.82) is 0 Å². The molecule has 0 aromatic heterocycles. The van der Waals surface area contributed by atoms with Gasteiger partial charge in [0.2, 0.25) is 10.0 Å². The highest BCUT2D eigenvalue weighted by Crippen LogP contribution is 2.27. The third-order valence-corrected chi connectivity index (χ3v) is 5.64. The Bertz CT molecular complexity index is 595. The number of benzene rings is 1. The number of nitrogens with one attached hydrogen (secondary N) is 1. The van der Waals surface area contributed by atoms with Crippen molar-refractivity contribution in [3.05, 3.63) is 28.2 Å². The van der Waals surface area contributed by atoms with Gasteiger partial charge in [-0.05, 0) is 28.9 Å². The Morgan fingerprint density at radius 3 is 2.68 bits per heavy atom. The summed E-state index contributed by atoms with van der Waals surface area (Å²) in [5.41, 5.74) is 0. The molecule has 19 heavy (non-hydrogen) atoms. The van der Waals surface area contributed by atoms with Gasteiger partial charge in [-0.25, -0.2) is 17.2 Å². The molecule has 8 heteroatoms. The van der Waals surface area contributed by atoms with Crippen molar-refractivity contribution < 1.29 is 17.2 Å². The van der Waals surface area contributed by atoms with Gasteiger partial charge in [-0.3, -0.25) is 0 Å². The first-order valence-electron chi connectivity index (χ1n) is 5.71. The van der Waals surface area contributed by atoms with Crippen molar-refractivity contribution in [3.63, 3.8) is 0 Å². The number of hydrogen-bond acceptors (Lipinski definition) is 3. The zero-order valence-electron chi connectivity index (χ0n) is 10.2. The molecule has 1 heterocycles. The van der Waals surface area contributed by atoms with Crippen LogP contribution >= 0.6 is 15.9 Å². The smallest absolute Gasteiger partial charge is 0.246 e. The molecular weight excluding hydrogens is 342 g/mol. The zero-order valence-corrected chi connectivity index (χ0v) is 12.6. The molecule has 1 aliphatic heterocycles. The monoisotopic (exact) mass is 354 g/mol. The van der Waals surface area contributed by atoms with E-state index in [2.05, 4.69) is 21.2 Å². The highest BCUT2D eigenvalue weighted by atomic mass is 79.9. The molecule has 1 saturated heterocycles. The fourth-order valence-corrected chi connectivity index (χ4v) is 4.21. The average Bonchev–Trinajstić information content (AvgIpc) is 2.34. The second kappa shape index (κ2) is 5.43. The van der Waals surface area contributed by atoms with Crippen molar-refractivity contribution >= 4 is 26.0 Å². The van der Waals surface area contributed by atoms with Gasteiger partial charge in [0.15, 0.2) is 0 Å². The molecule has 1 N–H and O–H groups in total. The maximum absolute atomic E-state index is 13.7. The lowest BCUT2D eigenvalue weighted by molar-refractivity contribution is 0.283. The van der Waals surface area contributed by atoms with Gasteiger partial charge >= 0.3 is 0 Å². The fraction of sp³-hybridized carbons (Fsp3) is 0.455. The standard InChI is InChI=1S/C11H13BrF2N2O2S/c1-7-6-15-2-3-16(7)19(17,18)11-4-8(12)9(13)5-10(11)14/h4-5,7,15H,2-3,6H2,1H3/t7-/m1/s1. The molecule has 0 saturated carbocycles. The maximum atomic E-state index is 13.7. The molecule has 1 fully saturated rings. The molecule has 2 rings (SSSR count). The highest BCUT2D eigenvalue weighted by molar-refractivity contribution is 9.10. The Kier molecular flexibility index (Phi) is 4.24. The van der Waals surface area contributed by atoms with E-state index < -0.39 is 26.6 Å². The summed E-state index contributed by atoms with van der Waals surface area (Å²) in [6.45, 7) is 3.01. The third kappa shape index (κ3) is 2.81. The van der Waals surface area contributed by atoms with Crippen LogP contribution in [0.1, 0.15) is 6.92 Å². The number of hydrogen-bond donors (Lipinski definition) is 1. The van der Waals surface area contributed by atoms with E-state index >= 15 is 0 Å². The summed E-state index contributed by atoms with van der Waals surface area (Å²) in [6, 6.07) is 1.26. The minimum atomic E-state index is -3.96. The first-order valence-corrected chi connectivity index (χ1v) is 7.94. The Balaban J connectivity index is 2.47. The van der Waals surface area contributed by atoms with Crippen molar-refractivity contribution in [2.24, 2.45) is 0 Å². The van der Waals surface area contributed by atoms with Gasteiger partial charge in [-0.2, -0.15) is 4.31 Å². The first-order chi connectivity index (χ1) is 8.84. The maximum Gasteiger partial charge on any atom is 0.246 e. The van der Waals surface area contributed by atoms with Gasteiger partial charge in [0.1, 0.15) is 16.5 Å². The van der Waals surface area contributed by atoms with Crippen LogP contribution in [0.2, 0.25) is 0 Å². The Morgan fingerprint density at radius 2 is 2.05 bits per heavy atom. The number of nitrogens with zero attached hydrogens (tertiary/aromatic N) is 1.